The van der Waals surface area contributed by atoms with Crippen LogP contribution in [0.5, 0.6) is 5.75 Å². The second kappa shape index (κ2) is 4.99. The first-order chi connectivity index (χ1) is 7.80. The number of rotatable bonds is 2. The SMILES string of the molecule is CC(=O)Oc1ccccc1C=[N+]([O-])C(C)(C)C. The predicted molar refractivity (Wildman–Crippen MR) is 66.3 cm³/mol. The van der Waals surface area contributed by atoms with Gasteiger partial charge in [0, 0.05) is 27.7 Å². The Balaban J connectivity index is 3.10. The third-order valence-electron chi connectivity index (χ3n) is 2.09. The number of nitrogens with zero attached hydrogens (tertiary/aromatic N) is 1. The first kappa shape index (κ1) is 13.2. The summed E-state index contributed by atoms with van der Waals surface area (Å²) in [5.74, 6) is -0.0100. The van der Waals surface area contributed by atoms with E-state index < -0.39 is 11.5 Å². The average molecular weight is 235 g/mol. The molecule has 0 aliphatic carbocycles. The highest BCUT2D eigenvalue weighted by Crippen LogP contribution is 2.17. The van der Waals surface area contributed by atoms with E-state index in [-0.39, 0.29) is 0 Å². The number of benzene rings is 1. The van der Waals surface area contributed by atoms with E-state index in [1.807, 2.05) is 20.8 Å². The zero-order chi connectivity index (χ0) is 13.1. The van der Waals surface area contributed by atoms with Crippen molar-refractivity contribution in [2.24, 2.45) is 0 Å². The molecule has 0 fully saturated rings. The van der Waals surface area contributed by atoms with Crippen molar-refractivity contribution >= 4 is 12.2 Å². The maximum absolute atomic E-state index is 11.8. The van der Waals surface area contributed by atoms with Crippen LogP contribution in [0.1, 0.15) is 33.3 Å². The Kier molecular flexibility index (Phi) is 3.89. The zero-order valence-electron chi connectivity index (χ0n) is 10.6. The lowest BCUT2D eigenvalue weighted by molar-refractivity contribution is -0.530. The van der Waals surface area contributed by atoms with Gasteiger partial charge in [-0.1, -0.05) is 12.1 Å². The maximum Gasteiger partial charge on any atom is 0.308 e. The largest absolute Gasteiger partial charge is 0.623 e. The van der Waals surface area contributed by atoms with Crippen molar-refractivity contribution in [3.05, 3.63) is 35.0 Å². The first-order valence-electron chi connectivity index (χ1n) is 5.39. The fourth-order valence-electron chi connectivity index (χ4n) is 1.15. The second-order valence-electron chi connectivity index (χ2n) is 4.76. The molecule has 4 nitrogen and oxygen atoms in total. The van der Waals surface area contributed by atoms with Gasteiger partial charge in [-0.05, 0) is 12.1 Å². The van der Waals surface area contributed by atoms with E-state index in [1.165, 1.54) is 13.1 Å². The number of ether oxygens (including phenoxy) is 1. The summed E-state index contributed by atoms with van der Waals surface area (Å²) in [6.45, 7) is 6.76. The molecule has 17 heavy (non-hydrogen) atoms. The Morgan fingerprint density at radius 1 is 1.35 bits per heavy atom. The Morgan fingerprint density at radius 2 is 1.94 bits per heavy atom. The monoisotopic (exact) mass is 235 g/mol. The summed E-state index contributed by atoms with van der Waals surface area (Å²) < 4.78 is 5.87. The molecule has 0 N–H and O–H groups in total. The molecular weight excluding hydrogens is 218 g/mol. The molecule has 0 saturated carbocycles. The molecule has 0 spiro atoms. The van der Waals surface area contributed by atoms with Gasteiger partial charge < -0.3 is 9.94 Å². The van der Waals surface area contributed by atoms with Crippen LogP contribution in [-0.2, 0) is 4.79 Å². The molecule has 0 aliphatic rings. The highest BCUT2D eigenvalue weighted by molar-refractivity contribution is 5.82. The summed E-state index contributed by atoms with van der Waals surface area (Å²) in [6, 6.07) is 6.93. The van der Waals surface area contributed by atoms with E-state index >= 15 is 0 Å². The number of hydrogen-bond acceptors (Lipinski definition) is 3. The van der Waals surface area contributed by atoms with Gasteiger partial charge in [0.1, 0.15) is 5.75 Å². The second-order valence-corrected chi connectivity index (χ2v) is 4.76. The van der Waals surface area contributed by atoms with Gasteiger partial charge in [0.25, 0.3) is 0 Å². The van der Waals surface area contributed by atoms with E-state index in [0.717, 1.165) is 4.74 Å². The van der Waals surface area contributed by atoms with Gasteiger partial charge in [0.05, 0.1) is 5.56 Å². The van der Waals surface area contributed by atoms with Crippen molar-refractivity contribution < 1.29 is 14.3 Å². The molecule has 1 rings (SSSR count). The summed E-state index contributed by atoms with van der Waals surface area (Å²) in [5.41, 5.74) is 0.0659. The highest BCUT2D eigenvalue weighted by Gasteiger charge is 2.19. The molecule has 0 amide bonds. The molecule has 1 aromatic carbocycles. The zero-order valence-corrected chi connectivity index (χ0v) is 10.6. The Labute approximate surface area is 101 Å². The molecule has 0 bridgehead atoms. The van der Waals surface area contributed by atoms with Crippen molar-refractivity contribution in [2.45, 2.75) is 33.2 Å². The topological polar surface area (TPSA) is 52.4 Å². The highest BCUT2D eigenvalue weighted by atomic mass is 16.5. The summed E-state index contributed by atoms with van der Waals surface area (Å²) in [5, 5.41) is 11.8. The molecule has 0 unspecified atom stereocenters. The molecule has 0 aromatic heterocycles. The van der Waals surface area contributed by atoms with Crippen molar-refractivity contribution in [1.29, 1.82) is 0 Å². The van der Waals surface area contributed by atoms with Crippen molar-refractivity contribution in [1.82, 2.24) is 0 Å². The molecule has 0 heterocycles. The Morgan fingerprint density at radius 3 is 2.47 bits per heavy atom. The number of hydroxylamine groups is 1. The van der Waals surface area contributed by atoms with Gasteiger partial charge >= 0.3 is 5.97 Å². The Hall–Kier alpha value is -1.84. The number of esters is 1. The van der Waals surface area contributed by atoms with Crippen molar-refractivity contribution in [3.63, 3.8) is 0 Å². The van der Waals surface area contributed by atoms with Crippen molar-refractivity contribution in [3.8, 4) is 5.75 Å². The summed E-state index contributed by atoms with van der Waals surface area (Å²) in [6.07, 6.45) is 1.43. The smallest absolute Gasteiger partial charge is 0.308 e. The average Bonchev–Trinajstić information content (AvgIpc) is 2.18. The van der Waals surface area contributed by atoms with E-state index in [9.17, 15) is 10.0 Å². The third-order valence-corrected chi connectivity index (χ3v) is 2.09. The van der Waals surface area contributed by atoms with Crippen LogP contribution in [0.2, 0.25) is 0 Å². The van der Waals surface area contributed by atoms with E-state index in [0.29, 0.717) is 11.3 Å². The minimum atomic E-state index is -0.524. The maximum atomic E-state index is 11.8. The first-order valence-corrected chi connectivity index (χ1v) is 5.39. The molecule has 1 aromatic rings. The fourth-order valence-corrected chi connectivity index (χ4v) is 1.15. The van der Waals surface area contributed by atoms with Gasteiger partial charge in [0.2, 0.25) is 0 Å². The van der Waals surface area contributed by atoms with Crippen LogP contribution in [-0.4, -0.2) is 22.5 Å². The van der Waals surface area contributed by atoms with E-state index in [4.69, 9.17) is 4.74 Å². The molecule has 0 atom stereocenters. The predicted octanol–water partition coefficient (Wildman–Crippen LogP) is 2.34. The van der Waals surface area contributed by atoms with Crippen molar-refractivity contribution in [2.75, 3.05) is 0 Å². The minimum absolute atomic E-state index is 0.394. The lowest BCUT2D eigenvalue weighted by Gasteiger charge is -2.18. The van der Waals surface area contributed by atoms with E-state index in [1.54, 1.807) is 24.3 Å². The standard InChI is InChI=1S/C13H17NO3/c1-10(15)17-12-8-6-5-7-11(12)9-14(16)13(2,3)4/h5-9H,1-4H3. The summed E-state index contributed by atoms with van der Waals surface area (Å²) in [4.78, 5) is 10.9. The summed E-state index contributed by atoms with van der Waals surface area (Å²) in [7, 11) is 0. The lowest BCUT2D eigenvalue weighted by Crippen LogP contribution is -2.29. The molecule has 0 saturated heterocycles. The van der Waals surface area contributed by atoms with Crippen LogP contribution < -0.4 is 4.74 Å². The van der Waals surface area contributed by atoms with Crippen LogP contribution in [0.3, 0.4) is 0 Å². The van der Waals surface area contributed by atoms with Crippen LogP contribution in [0, 0.1) is 5.21 Å². The van der Waals surface area contributed by atoms with Gasteiger partial charge in [-0.15, -0.1) is 0 Å². The number of para-hydroxylation sites is 1. The molecule has 0 aliphatic heterocycles. The van der Waals surface area contributed by atoms with Gasteiger partial charge in [-0.3, -0.25) is 4.79 Å². The van der Waals surface area contributed by atoms with Gasteiger partial charge in [-0.25, -0.2) is 4.74 Å². The van der Waals surface area contributed by atoms with Crippen LogP contribution in [0.4, 0.5) is 0 Å². The third kappa shape index (κ3) is 3.90. The Bertz CT molecular complexity index is 444. The quantitative estimate of drug-likeness (QED) is 0.197. The van der Waals surface area contributed by atoms with Crippen LogP contribution >= 0.6 is 0 Å². The van der Waals surface area contributed by atoms with Gasteiger partial charge in [0.15, 0.2) is 11.8 Å². The lowest BCUT2D eigenvalue weighted by atomic mass is 10.1. The molecule has 92 valence electrons. The minimum Gasteiger partial charge on any atom is -0.623 e. The number of carbonyl (C=O) groups is 1. The summed E-state index contributed by atoms with van der Waals surface area (Å²) >= 11 is 0. The van der Waals surface area contributed by atoms with Crippen LogP contribution in [0.25, 0.3) is 0 Å². The van der Waals surface area contributed by atoms with E-state index in [2.05, 4.69) is 0 Å². The molecule has 0 radical (unpaired) electrons. The number of carbonyl (C=O) groups excluding carboxylic acids is 1. The normalized spacial score (nSPS) is 12.4. The van der Waals surface area contributed by atoms with Gasteiger partial charge in [-0.2, -0.15) is 0 Å². The van der Waals surface area contributed by atoms with Crippen LogP contribution in [0.15, 0.2) is 24.3 Å². The molecular formula is C13H17NO3. The fraction of sp³-hybridized carbons (Fsp3) is 0.385. The number of hydrogen-bond donors (Lipinski definition) is 0. The molecule has 4 heteroatoms.